The van der Waals surface area contributed by atoms with Crippen LogP contribution >= 0.6 is 0 Å². The fourth-order valence-corrected chi connectivity index (χ4v) is 2.88. The van der Waals surface area contributed by atoms with Crippen LogP contribution in [0, 0.1) is 5.92 Å². The van der Waals surface area contributed by atoms with Gasteiger partial charge in [0.25, 0.3) is 0 Å². The third kappa shape index (κ3) is 4.03. The van der Waals surface area contributed by atoms with Crippen LogP contribution in [0.3, 0.4) is 0 Å². The Bertz CT molecular complexity index is 630. The first-order chi connectivity index (χ1) is 11.3. The van der Waals surface area contributed by atoms with Crippen molar-refractivity contribution in [1.29, 1.82) is 0 Å². The van der Waals surface area contributed by atoms with Crippen LogP contribution in [0.2, 0.25) is 0 Å². The molecule has 0 saturated heterocycles. The number of benzene rings is 2. The minimum atomic E-state index is 0.192. The van der Waals surface area contributed by atoms with E-state index in [1.807, 2.05) is 18.2 Å². The van der Waals surface area contributed by atoms with Crippen molar-refractivity contribution in [2.45, 2.75) is 20.0 Å². The summed E-state index contributed by atoms with van der Waals surface area (Å²) in [5.41, 5.74) is 2.39. The van der Waals surface area contributed by atoms with Crippen molar-refractivity contribution in [1.82, 2.24) is 4.90 Å². The molecule has 0 saturated carbocycles. The highest BCUT2D eigenvalue weighted by Gasteiger charge is 2.20. The predicted molar refractivity (Wildman–Crippen MR) is 89.4 cm³/mol. The molecule has 0 bridgehead atoms. The fourth-order valence-electron chi connectivity index (χ4n) is 2.88. The molecule has 3 rings (SSSR count). The van der Waals surface area contributed by atoms with Gasteiger partial charge in [-0.1, -0.05) is 49.4 Å². The van der Waals surface area contributed by atoms with Crippen molar-refractivity contribution in [3.8, 4) is 11.5 Å². The van der Waals surface area contributed by atoms with Crippen LogP contribution in [0.25, 0.3) is 0 Å². The van der Waals surface area contributed by atoms with Gasteiger partial charge in [0.2, 0.25) is 6.79 Å². The third-order valence-corrected chi connectivity index (χ3v) is 4.00. The summed E-state index contributed by atoms with van der Waals surface area (Å²) in [4.78, 5) is 2.34. The molecule has 1 aliphatic rings. The summed E-state index contributed by atoms with van der Waals surface area (Å²) in [5.74, 6) is 1.90. The lowest BCUT2D eigenvalue weighted by Crippen LogP contribution is -2.29. The third-order valence-electron chi connectivity index (χ3n) is 4.00. The molecule has 0 aromatic heterocycles. The van der Waals surface area contributed by atoms with Crippen LogP contribution in [-0.4, -0.2) is 30.0 Å². The van der Waals surface area contributed by atoms with E-state index in [0.29, 0.717) is 0 Å². The lowest BCUT2D eigenvalue weighted by Gasteiger charge is -2.25. The second kappa shape index (κ2) is 7.49. The van der Waals surface area contributed by atoms with Gasteiger partial charge in [-0.25, -0.2) is 0 Å². The van der Waals surface area contributed by atoms with Gasteiger partial charge in [0, 0.05) is 31.8 Å². The summed E-state index contributed by atoms with van der Waals surface area (Å²) in [7, 11) is 0. The molecule has 1 unspecified atom stereocenters. The molecule has 4 heteroatoms. The molecule has 23 heavy (non-hydrogen) atoms. The van der Waals surface area contributed by atoms with Gasteiger partial charge >= 0.3 is 0 Å². The number of nitrogens with zero attached hydrogens (tertiary/aromatic N) is 1. The molecule has 0 aliphatic carbocycles. The van der Waals surface area contributed by atoms with E-state index < -0.39 is 0 Å². The highest BCUT2D eigenvalue weighted by Crippen LogP contribution is 2.36. The van der Waals surface area contributed by atoms with Gasteiger partial charge in [-0.3, -0.25) is 4.90 Å². The Hall–Kier alpha value is -2.04. The maximum Gasteiger partial charge on any atom is 0.231 e. The quantitative estimate of drug-likeness (QED) is 0.853. The summed E-state index contributed by atoms with van der Waals surface area (Å²) in [6, 6.07) is 16.4. The van der Waals surface area contributed by atoms with E-state index in [0.717, 1.165) is 36.7 Å². The lowest BCUT2D eigenvalue weighted by molar-refractivity contribution is 0.158. The molecular formula is C19H23NO3. The van der Waals surface area contributed by atoms with E-state index in [1.165, 1.54) is 5.56 Å². The number of aliphatic hydroxyl groups is 1. The summed E-state index contributed by atoms with van der Waals surface area (Å²) in [6.45, 7) is 4.99. The highest BCUT2D eigenvalue weighted by atomic mass is 16.7. The van der Waals surface area contributed by atoms with Crippen molar-refractivity contribution in [3.05, 3.63) is 59.7 Å². The van der Waals surface area contributed by atoms with Crippen molar-refractivity contribution in [3.63, 3.8) is 0 Å². The minimum absolute atomic E-state index is 0.192. The van der Waals surface area contributed by atoms with E-state index in [1.54, 1.807) is 0 Å². The number of fused-ring (bicyclic) bond motifs is 1. The van der Waals surface area contributed by atoms with Crippen LogP contribution < -0.4 is 9.47 Å². The first-order valence-electron chi connectivity index (χ1n) is 8.01. The highest BCUT2D eigenvalue weighted by molar-refractivity contribution is 5.48. The second-order valence-corrected chi connectivity index (χ2v) is 6.09. The topological polar surface area (TPSA) is 41.9 Å². The largest absolute Gasteiger partial charge is 0.454 e. The summed E-state index contributed by atoms with van der Waals surface area (Å²) in [5, 5.41) is 9.40. The minimum Gasteiger partial charge on any atom is -0.454 e. The Kier molecular flexibility index (Phi) is 5.16. The number of ether oxygens (including phenoxy) is 2. The Morgan fingerprint density at radius 3 is 2.65 bits per heavy atom. The monoisotopic (exact) mass is 313 g/mol. The molecule has 1 heterocycles. The van der Waals surface area contributed by atoms with Crippen LogP contribution in [-0.2, 0) is 13.1 Å². The molecule has 122 valence electrons. The van der Waals surface area contributed by atoms with Crippen LogP contribution in [0.5, 0.6) is 11.5 Å². The van der Waals surface area contributed by atoms with E-state index in [2.05, 4.69) is 42.2 Å². The molecule has 1 aliphatic heterocycles. The van der Waals surface area contributed by atoms with Gasteiger partial charge in [-0.2, -0.15) is 0 Å². The van der Waals surface area contributed by atoms with Gasteiger partial charge in [0.15, 0.2) is 11.5 Å². The molecule has 0 fully saturated rings. The maximum atomic E-state index is 9.40. The SMILES string of the molecule is CC(CO)CN(Cc1ccccc1)Cc1cccc2c1OCO2. The normalized spacial score (nSPS) is 14.2. The van der Waals surface area contributed by atoms with Gasteiger partial charge in [-0.15, -0.1) is 0 Å². The zero-order chi connectivity index (χ0) is 16.1. The molecule has 4 nitrogen and oxygen atoms in total. The smallest absolute Gasteiger partial charge is 0.231 e. The zero-order valence-electron chi connectivity index (χ0n) is 13.4. The molecule has 1 atom stereocenters. The Balaban J connectivity index is 1.77. The second-order valence-electron chi connectivity index (χ2n) is 6.09. The number of para-hydroxylation sites is 1. The molecular weight excluding hydrogens is 290 g/mol. The summed E-state index contributed by atoms with van der Waals surface area (Å²) >= 11 is 0. The molecule has 0 spiro atoms. The Morgan fingerprint density at radius 2 is 1.87 bits per heavy atom. The molecule has 1 N–H and O–H groups in total. The lowest BCUT2D eigenvalue weighted by atomic mass is 10.1. The molecule has 2 aromatic carbocycles. The Morgan fingerprint density at radius 1 is 1.04 bits per heavy atom. The van der Waals surface area contributed by atoms with E-state index in [-0.39, 0.29) is 19.3 Å². The van der Waals surface area contributed by atoms with Crippen LogP contribution in [0.4, 0.5) is 0 Å². The van der Waals surface area contributed by atoms with E-state index >= 15 is 0 Å². The Labute approximate surface area is 137 Å². The first kappa shape index (κ1) is 15.8. The summed E-state index contributed by atoms with van der Waals surface area (Å²) < 4.78 is 11.1. The number of aliphatic hydroxyl groups excluding tert-OH is 1. The first-order valence-corrected chi connectivity index (χ1v) is 8.01. The number of hydrogen-bond acceptors (Lipinski definition) is 4. The molecule has 0 radical (unpaired) electrons. The van der Waals surface area contributed by atoms with E-state index in [4.69, 9.17) is 9.47 Å². The average Bonchev–Trinajstić information content (AvgIpc) is 3.05. The van der Waals surface area contributed by atoms with Crippen molar-refractivity contribution >= 4 is 0 Å². The molecule has 0 amide bonds. The standard InChI is InChI=1S/C19H23NO3/c1-15(13-21)10-20(11-16-6-3-2-4-7-16)12-17-8-5-9-18-19(17)23-14-22-18/h2-9,15,21H,10-14H2,1H3. The van der Waals surface area contributed by atoms with Crippen LogP contribution in [0.1, 0.15) is 18.1 Å². The number of rotatable bonds is 7. The van der Waals surface area contributed by atoms with Crippen molar-refractivity contribution in [2.75, 3.05) is 19.9 Å². The fraction of sp³-hybridized carbons (Fsp3) is 0.368. The predicted octanol–water partition coefficient (Wildman–Crippen LogP) is 3.05. The van der Waals surface area contributed by atoms with Gasteiger partial charge in [-0.05, 0) is 17.5 Å². The van der Waals surface area contributed by atoms with E-state index in [9.17, 15) is 5.11 Å². The summed E-state index contributed by atoms with van der Waals surface area (Å²) in [6.07, 6.45) is 0. The average molecular weight is 313 g/mol. The van der Waals surface area contributed by atoms with Crippen molar-refractivity contribution < 1.29 is 14.6 Å². The van der Waals surface area contributed by atoms with Gasteiger partial charge in [0.05, 0.1) is 0 Å². The maximum absolute atomic E-state index is 9.40. The zero-order valence-corrected chi connectivity index (χ0v) is 13.4. The van der Waals surface area contributed by atoms with Gasteiger partial charge in [0.1, 0.15) is 0 Å². The molecule has 2 aromatic rings. The van der Waals surface area contributed by atoms with Crippen molar-refractivity contribution in [2.24, 2.45) is 5.92 Å². The van der Waals surface area contributed by atoms with Crippen LogP contribution in [0.15, 0.2) is 48.5 Å². The number of hydrogen-bond donors (Lipinski definition) is 1. The van der Waals surface area contributed by atoms with Gasteiger partial charge < -0.3 is 14.6 Å².